The highest BCUT2D eigenvalue weighted by Crippen LogP contribution is 2.26. The van der Waals surface area contributed by atoms with Crippen LogP contribution in [0.3, 0.4) is 0 Å². The van der Waals surface area contributed by atoms with Crippen LogP contribution in [0.1, 0.15) is 55.5 Å². The summed E-state index contributed by atoms with van der Waals surface area (Å²) in [4.78, 5) is 19.3. The van der Waals surface area contributed by atoms with Crippen molar-refractivity contribution in [1.82, 2.24) is 25.3 Å². The summed E-state index contributed by atoms with van der Waals surface area (Å²) in [6.45, 7) is 6.41. The van der Waals surface area contributed by atoms with Gasteiger partial charge >= 0.3 is 0 Å². The van der Waals surface area contributed by atoms with E-state index in [1.807, 2.05) is 29.8 Å². The van der Waals surface area contributed by atoms with E-state index in [1.54, 1.807) is 7.05 Å². The number of para-hydroxylation sites is 1. The molecule has 1 aromatic carbocycles. The maximum Gasteiger partial charge on any atom is 0.225 e. The Morgan fingerprint density at radius 3 is 2.55 bits per heavy atom. The Kier molecular flexibility index (Phi) is 9.17. The molecule has 0 spiro atoms. The number of aliphatic imine (C=N–C) groups is 1. The van der Waals surface area contributed by atoms with E-state index in [0.717, 1.165) is 55.4 Å². The molecule has 33 heavy (non-hydrogen) atoms. The molecule has 8 heteroatoms. The quantitative estimate of drug-likeness (QED) is 0.328. The number of nitrogens with one attached hydrogen (secondary N) is 2. The van der Waals surface area contributed by atoms with Crippen molar-refractivity contribution in [3.63, 3.8) is 0 Å². The van der Waals surface area contributed by atoms with Crippen molar-refractivity contribution in [1.29, 1.82) is 0 Å². The standard InChI is InChI=1S/C25H36N6O.HI/c1-18-23(19(2)31(29-18)22-12-8-5-9-13-22)16-27-25(26-3)28-21-14-15-30(17-21)24(32)20-10-6-4-7-11-20;/h5,8-9,12-13,20-21H,4,6-7,10-11,14-17H2,1-3H3,(H2,26,27,28);1H. The van der Waals surface area contributed by atoms with Gasteiger partial charge in [0.25, 0.3) is 0 Å². The maximum absolute atomic E-state index is 12.8. The number of halogens is 1. The minimum absolute atomic E-state index is 0. The molecule has 0 radical (unpaired) electrons. The molecule has 2 N–H and O–H groups in total. The Balaban J connectivity index is 0.00000306. The smallest absolute Gasteiger partial charge is 0.225 e. The average molecular weight is 565 g/mol. The zero-order valence-electron chi connectivity index (χ0n) is 20.0. The van der Waals surface area contributed by atoms with Crippen LogP contribution in [0.4, 0.5) is 0 Å². The third kappa shape index (κ3) is 6.07. The first-order valence-electron chi connectivity index (χ1n) is 11.9. The van der Waals surface area contributed by atoms with E-state index >= 15 is 0 Å². The van der Waals surface area contributed by atoms with Crippen LogP contribution in [0.25, 0.3) is 5.69 Å². The highest BCUT2D eigenvalue weighted by atomic mass is 127. The number of likely N-dealkylation sites (tertiary alicyclic amines) is 1. The first-order chi connectivity index (χ1) is 15.6. The van der Waals surface area contributed by atoms with Crippen molar-refractivity contribution in [3.05, 3.63) is 47.3 Å². The number of amides is 1. The minimum Gasteiger partial charge on any atom is -0.352 e. The molecule has 7 nitrogen and oxygen atoms in total. The van der Waals surface area contributed by atoms with Crippen molar-refractivity contribution in [2.45, 2.75) is 65.0 Å². The van der Waals surface area contributed by atoms with Gasteiger partial charge in [-0.3, -0.25) is 9.79 Å². The summed E-state index contributed by atoms with van der Waals surface area (Å²) < 4.78 is 1.99. The van der Waals surface area contributed by atoms with Gasteiger partial charge in [0, 0.05) is 49.9 Å². The number of benzene rings is 1. The predicted octanol–water partition coefficient (Wildman–Crippen LogP) is 3.95. The van der Waals surface area contributed by atoms with E-state index < -0.39 is 0 Å². The molecule has 4 rings (SSSR count). The van der Waals surface area contributed by atoms with Gasteiger partial charge in [0.1, 0.15) is 0 Å². The lowest BCUT2D eigenvalue weighted by molar-refractivity contribution is -0.135. The topological polar surface area (TPSA) is 74.6 Å². The summed E-state index contributed by atoms with van der Waals surface area (Å²) in [5, 5.41) is 11.7. The van der Waals surface area contributed by atoms with Gasteiger partial charge in [0.2, 0.25) is 5.91 Å². The van der Waals surface area contributed by atoms with Crippen LogP contribution < -0.4 is 10.6 Å². The van der Waals surface area contributed by atoms with Crippen LogP contribution in [0.5, 0.6) is 0 Å². The summed E-state index contributed by atoms with van der Waals surface area (Å²) in [6.07, 6.45) is 6.75. The fraction of sp³-hybridized carbons (Fsp3) is 0.560. The van der Waals surface area contributed by atoms with E-state index in [-0.39, 0.29) is 35.9 Å². The second-order valence-corrected chi connectivity index (χ2v) is 9.07. The van der Waals surface area contributed by atoms with Crippen LogP contribution in [-0.2, 0) is 11.3 Å². The van der Waals surface area contributed by atoms with E-state index in [0.29, 0.717) is 12.5 Å². The van der Waals surface area contributed by atoms with Crippen LogP contribution in [0, 0.1) is 19.8 Å². The Morgan fingerprint density at radius 2 is 1.85 bits per heavy atom. The van der Waals surface area contributed by atoms with Gasteiger partial charge in [0.15, 0.2) is 5.96 Å². The van der Waals surface area contributed by atoms with Crippen molar-refractivity contribution in [3.8, 4) is 5.69 Å². The Labute approximate surface area is 214 Å². The number of rotatable bonds is 5. The van der Waals surface area contributed by atoms with Gasteiger partial charge in [-0.1, -0.05) is 37.5 Å². The molecule has 1 aromatic heterocycles. The number of aromatic nitrogens is 2. The first kappa shape index (κ1) is 25.5. The molecule has 2 fully saturated rings. The van der Waals surface area contributed by atoms with Gasteiger partial charge in [0.05, 0.1) is 11.4 Å². The Hall–Kier alpha value is -2.10. The molecule has 2 aliphatic rings. The largest absolute Gasteiger partial charge is 0.352 e. The van der Waals surface area contributed by atoms with Crippen molar-refractivity contribution in [2.75, 3.05) is 20.1 Å². The van der Waals surface area contributed by atoms with E-state index in [9.17, 15) is 4.79 Å². The van der Waals surface area contributed by atoms with E-state index in [1.165, 1.54) is 24.8 Å². The fourth-order valence-electron chi connectivity index (χ4n) is 5.00. The van der Waals surface area contributed by atoms with Crippen molar-refractivity contribution >= 4 is 35.8 Å². The number of carbonyl (C=O) groups is 1. The van der Waals surface area contributed by atoms with Gasteiger partial charge in [-0.25, -0.2) is 4.68 Å². The summed E-state index contributed by atoms with van der Waals surface area (Å²) in [5.74, 6) is 1.37. The number of carbonyl (C=O) groups excluding carboxylic acids is 1. The van der Waals surface area contributed by atoms with E-state index in [2.05, 4.69) is 39.6 Å². The molecule has 1 aliphatic heterocycles. The lowest BCUT2D eigenvalue weighted by atomic mass is 9.88. The van der Waals surface area contributed by atoms with Gasteiger partial charge < -0.3 is 15.5 Å². The second-order valence-electron chi connectivity index (χ2n) is 9.07. The summed E-state index contributed by atoms with van der Waals surface area (Å²) in [6, 6.07) is 10.4. The summed E-state index contributed by atoms with van der Waals surface area (Å²) in [5.41, 5.74) is 4.38. The normalized spacial score (nSPS) is 19.3. The minimum atomic E-state index is 0. The highest BCUT2D eigenvalue weighted by molar-refractivity contribution is 14.0. The lowest BCUT2D eigenvalue weighted by Gasteiger charge is -2.26. The molecule has 1 aliphatic carbocycles. The summed E-state index contributed by atoms with van der Waals surface area (Å²) in [7, 11) is 1.79. The van der Waals surface area contributed by atoms with Crippen LogP contribution in [-0.4, -0.2) is 52.7 Å². The molecule has 180 valence electrons. The van der Waals surface area contributed by atoms with Crippen LogP contribution in [0.15, 0.2) is 35.3 Å². The lowest BCUT2D eigenvalue weighted by Crippen LogP contribution is -2.45. The molecule has 1 unspecified atom stereocenters. The molecular formula is C25H37IN6O. The van der Waals surface area contributed by atoms with Gasteiger partial charge in [-0.05, 0) is 45.2 Å². The molecule has 1 atom stereocenters. The number of nitrogens with zero attached hydrogens (tertiary/aromatic N) is 4. The zero-order chi connectivity index (χ0) is 22.5. The van der Waals surface area contributed by atoms with Crippen molar-refractivity contribution < 1.29 is 4.79 Å². The summed E-state index contributed by atoms with van der Waals surface area (Å²) >= 11 is 0. The molecule has 2 heterocycles. The van der Waals surface area contributed by atoms with Crippen LogP contribution in [0.2, 0.25) is 0 Å². The SMILES string of the molecule is CN=C(NCc1c(C)nn(-c2ccccc2)c1C)NC1CCN(C(=O)C2CCCCC2)C1.I. The third-order valence-corrected chi connectivity index (χ3v) is 6.89. The molecule has 1 saturated carbocycles. The predicted molar refractivity (Wildman–Crippen MR) is 143 cm³/mol. The Bertz CT molecular complexity index is 951. The second kappa shape index (κ2) is 11.9. The van der Waals surface area contributed by atoms with Gasteiger partial charge in [-0.15, -0.1) is 24.0 Å². The van der Waals surface area contributed by atoms with Crippen LogP contribution >= 0.6 is 24.0 Å². The van der Waals surface area contributed by atoms with Crippen molar-refractivity contribution in [2.24, 2.45) is 10.9 Å². The monoisotopic (exact) mass is 564 g/mol. The first-order valence-corrected chi connectivity index (χ1v) is 11.9. The average Bonchev–Trinajstić information content (AvgIpc) is 3.41. The Morgan fingerprint density at radius 1 is 1.12 bits per heavy atom. The maximum atomic E-state index is 12.8. The fourth-order valence-corrected chi connectivity index (χ4v) is 5.00. The highest BCUT2D eigenvalue weighted by Gasteiger charge is 2.31. The molecular weight excluding hydrogens is 527 g/mol. The molecule has 0 bridgehead atoms. The van der Waals surface area contributed by atoms with Gasteiger partial charge in [-0.2, -0.15) is 5.10 Å². The number of hydrogen-bond donors (Lipinski definition) is 2. The molecule has 2 aromatic rings. The molecule has 1 saturated heterocycles. The third-order valence-electron chi connectivity index (χ3n) is 6.89. The number of aryl methyl sites for hydroxylation is 1. The zero-order valence-corrected chi connectivity index (χ0v) is 22.3. The molecule has 1 amide bonds. The number of hydrogen-bond acceptors (Lipinski definition) is 3. The van der Waals surface area contributed by atoms with E-state index in [4.69, 9.17) is 5.10 Å². The number of guanidine groups is 1.